The van der Waals surface area contributed by atoms with Gasteiger partial charge in [0.25, 0.3) is 0 Å². The molecule has 110 valence electrons. The summed E-state index contributed by atoms with van der Waals surface area (Å²) < 4.78 is 0. The van der Waals surface area contributed by atoms with E-state index in [0.717, 1.165) is 24.8 Å². The molecule has 1 unspecified atom stereocenters. The van der Waals surface area contributed by atoms with Crippen molar-refractivity contribution in [1.29, 1.82) is 0 Å². The molecule has 1 aromatic carbocycles. The van der Waals surface area contributed by atoms with Gasteiger partial charge in [-0.1, -0.05) is 35.7 Å². The molecule has 4 heteroatoms. The lowest BCUT2D eigenvalue weighted by atomic mass is 9.61. The van der Waals surface area contributed by atoms with Gasteiger partial charge in [-0.2, -0.15) is 0 Å². The van der Waals surface area contributed by atoms with Gasteiger partial charge in [0.2, 0.25) is 0 Å². The van der Waals surface area contributed by atoms with Gasteiger partial charge in [-0.05, 0) is 50.3 Å². The topological polar surface area (TPSA) is 32.3 Å². The summed E-state index contributed by atoms with van der Waals surface area (Å²) in [6.45, 7) is 2.86. The van der Waals surface area contributed by atoms with Crippen molar-refractivity contribution >= 4 is 23.2 Å². The maximum absolute atomic E-state index is 10.7. The third-order valence-electron chi connectivity index (χ3n) is 5.10. The average molecular weight is 314 g/mol. The monoisotopic (exact) mass is 313 g/mol. The van der Waals surface area contributed by atoms with Crippen molar-refractivity contribution in [3.63, 3.8) is 0 Å². The summed E-state index contributed by atoms with van der Waals surface area (Å²) in [5.74, 6) is 0. The molecule has 2 aliphatic rings. The van der Waals surface area contributed by atoms with Crippen LogP contribution in [0.25, 0.3) is 0 Å². The van der Waals surface area contributed by atoms with Crippen molar-refractivity contribution in [2.24, 2.45) is 0 Å². The summed E-state index contributed by atoms with van der Waals surface area (Å²) in [5.41, 5.74) is 1.23. The molecule has 0 aliphatic heterocycles. The molecule has 0 radical (unpaired) electrons. The molecule has 2 fully saturated rings. The molecule has 0 saturated heterocycles. The second-order valence-corrected chi connectivity index (χ2v) is 7.41. The van der Waals surface area contributed by atoms with Crippen LogP contribution in [0.4, 0.5) is 0 Å². The fraction of sp³-hybridized carbons (Fsp3) is 0.625. The van der Waals surface area contributed by atoms with Gasteiger partial charge < -0.3 is 10.4 Å². The Morgan fingerprint density at radius 3 is 2.40 bits per heavy atom. The van der Waals surface area contributed by atoms with Crippen LogP contribution in [-0.4, -0.2) is 23.3 Å². The Kier molecular flexibility index (Phi) is 3.79. The minimum absolute atomic E-state index is 0.146. The van der Waals surface area contributed by atoms with E-state index in [-0.39, 0.29) is 17.1 Å². The first-order valence-electron chi connectivity index (χ1n) is 7.34. The van der Waals surface area contributed by atoms with Gasteiger partial charge in [0, 0.05) is 17.5 Å². The standard InChI is InChI=1S/C16H21Cl2NO/c1-15(7-8-15)19-10-14(20)16(5-2-6-16)11-3-4-12(17)13(18)9-11/h3-4,9,14,19-20H,2,5-8,10H2,1H3. The Bertz CT molecular complexity index is 509. The summed E-state index contributed by atoms with van der Waals surface area (Å²) >= 11 is 12.1. The first-order chi connectivity index (χ1) is 9.45. The van der Waals surface area contributed by atoms with Crippen LogP contribution < -0.4 is 5.32 Å². The Morgan fingerprint density at radius 1 is 1.20 bits per heavy atom. The minimum Gasteiger partial charge on any atom is -0.391 e. The molecule has 0 aromatic heterocycles. The molecule has 2 N–H and O–H groups in total. The van der Waals surface area contributed by atoms with Crippen LogP contribution in [0.2, 0.25) is 10.0 Å². The molecule has 0 amide bonds. The summed E-state index contributed by atoms with van der Waals surface area (Å²) in [5, 5.41) is 15.3. The van der Waals surface area contributed by atoms with Crippen LogP contribution in [0.1, 0.15) is 44.6 Å². The molecule has 2 aliphatic carbocycles. The summed E-state index contributed by atoms with van der Waals surface area (Å²) in [6, 6.07) is 5.77. The Morgan fingerprint density at radius 2 is 1.90 bits per heavy atom. The number of halogens is 2. The van der Waals surface area contributed by atoms with Gasteiger partial charge in [0.05, 0.1) is 16.1 Å². The molecular weight excluding hydrogens is 293 g/mol. The first kappa shape index (κ1) is 14.6. The van der Waals surface area contributed by atoms with Gasteiger partial charge in [0.15, 0.2) is 0 Å². The van der Waals surface area contributed by atoms with E-state index < -0.39 is 0 Å². The Hall–Kier alpha value is -0.280. The molecule has 3 rings (SSSR count). The number of aliphatic hydroxyl groups is 1. The lowest BCUT2D eigenvalue weighted by molar-refractivity contribution is 0.0264. The Balaban J connectivity index is 1.77. The fourth-order valence-electron chi connectivity index (χ4n) is 3.08. The maximum atomic E-state index is 10.7. The van der Waals surface area contributed by atoms with E-state index in [2.05, 4.69) is 12.2 Å². The lowest BCUT2D eigenvalue weighted by Gasteiger charge is -2.46. The zero-order chi connectivity index (χ0) is 14.4. The van der Waals surface area contributed by atoms with Crippen molar-refractivity contribution in [1.82, 2.24) is 5.32 Å². The number of nitrogens with one attached hydrogen (secondary N) is 1. The number of rotatable bonds is 5. The molecule has 20 heavy (non-hydrogen) atoms. The molecule has 1 aromatic rings. The van der Waals surface area contributed by atoms with Crippen molar-refractivity contribution in [2.45, 2.75) is 56.1 Å². The van der Waals surface area contributed by atoms with Gasteiger partial charge in [0.1, 0.15) is 0 Å². The molecule has 1 atom stereocenters. The van der Waals surface area contributed by atoms with Crippen LogP contribution in [0.5, 0.6) is 0 Å². The number of hydrogen-bond acceptors (Lipinski definition) is 2. The number of aliphatic hydroxyl groups excluding tert-OH is 1. The molecule has 0 heterocycles. The van der Waals surface area contributed by atoms with Crippen molar-refractivity contribution in [3.05, 3.63) is 33.8 Å². The van der Waals surface area contributed by atoms with Gasteiger partial charge in [-0.25, -0.2) is 0 Å². The zero-order valence-electron chi connectivity index (χ0n) is 11.8. The normalized spacial score (nSPS) is 24.0. The van der Waals surface area contributed by atoms with Gasteiger partial charge >= 0.3 is 0 Å². The van der Waals surface area contributed by atoms with E-state index in [0.29, 0.717) is 16.6 Å². The number of β-amino-alcohol motifs (C(OH)–C–C–N with tert-alkyl or cyclic N) is 1. The third kappa shape index (κ3) is 2.59. The first-order valence-corrected chi connectivity index (χ1v) is 8.09. The highest BCUT2D eigenvalue weighted by Crippen LogP contribution is 2.48. The van der Waals surface area contributed by atoms with Crippen molar-refractivity contribution in [2.75, 3.05) is 6.54 Å². The molecule has 2 saturated carbocycles. The smallest absolute Gasteiger partial charge is 0.0761 e. The van der Waals surface area contributed by atoms with E-state index in [1.807, 2.05) is 18.2 Å². The second kappa shape index (κ2) is 5.17. The van der Waals surface area contributed by atoms with Crippen LogP contribution in [0, 0.1) is 0 Å². The lowest BCUT2D eigenvalue weighted by Crippen LogP contribution is -2.51. The summed E-state index contributed by atoms with van der Waals surface area (Å²) in [4.78, 5) is 0. The highest BCUT2D eigenvalue weighted by atomic mass is 35.5. The quantitative estimate of drug-likeness (QED) is 0.863. The van der Waals surface area contributed by atoms with Crippen LogP contribution in [-0.2, 0) is 5.41 Å². The largest absolute Gasteiger partial charge is 0.391 e. The van der Waals surface area contributed by atoms with Crippen molar-refractivity contribution in [3.8, 4) is 0 Å². The molecule has 0 spiro atoms. The SMILES string of the molecule is CC1(NCC(O)C2(c3ccc(Cl)c(Cl)c3)CCC2)CC1. The van der Waals surface area contributed by atoms with E-state index in [1.54, 1.807) is 0 Å². The van der Waals surface area contributed by atoms with E-state index >= 15 is 0 Å². The third-order valence-corrected chi connectivity index (χ3v) is 5.84. The van der Waals surface area contributed by atoms with Crippen molar-refractivity contribution < 1.29 is 5.11 Å². The van der Waals surface area contributed by atoms with Gasteiger partial charge in [-0.3, -0.25) is 0 Å². The highest BCUT2D eigenvalue weighted by molar-refractivity contribution is 6.42. The average Bonchev–Trinajstić information content (AvgIpc) is 3.09. The molecule has 0 bridgehead atoms. The second-order valence-electron chi connectivity index (χ2n) is 6.60. The molecule has 2 nitrogen and oxygen atoms in total. The highest BCUT2D eigenvalue weighted by Gasteiger charge is 2.46. The summed E-state index contributed by atoms with van der Waals surface area (Å²) in [7, 11) is 0. The Labute approximate surface area is 130 Å². The summed E-state index contributed by atoms with van der Waals surface area (Å²) in [6.07, 6.45) is 5.24. The maximum Gasteiger partial charge on any atom is 0.0761 e. The number of hydrogen-bond donors (Lipinski definition) is 2. The van der Waals surface area contributed by atoms with Crippen LogP contribution in [0.15, 0.2) is 18.2 Å². The van der Waals surface area contributed by atoms with E-state index in [1.165, 1.54) is 12.8 Å². The molecular formula is C16H21Cl2NO. The zero-order valence-corrected chi connectivity index (χ0v) is 13.3. The van der Waals surface area contributed by atoms with Gasteiger partial charge in [-0.15, -0.1) is 0 Å². The number of benzene rings is 1. The predicted octanol–water partition coefficient (Wildman–Crippen LogP) is 3.92. The van der Waals surface area contributed by atoms with Crippen LogP contribution >= 0.6 is 23.2 Å². The van der Waals surface area contributed by atoms with E-state index in [4.69, 9.17) is 23.2 Å². The minimum atomic E-state index is -0.370. The van der Waals surface area contributed by atoms with E-state index in [9.17, 15) is 5.11 Å². The van der Waals surface area contributed by atoms with Crippen LogP contribution in [0.3, 0.4) is 0 Å². The predicted molar refractivity (Wildman–Crippen MR) is 83.6 cm³/mol. The fourth-order valence-corrected chi connectivity index (χ4v) is 3.38.